The van der Waals surface area contributed by atoms with Gasteiger partial charge in [-0.3, -0.25) is 4.79 Å². The molecule has 2 rings (SSSR count). The summed E-state index contributed by atoms with van der Waals surface area (Å²) in [6.07, 6.45) is -5.32. The summed E-state index contributed by atoms with van der Waals surface area (Å²) in [5.74, 6) is -1.77. The van der Waals surface area contributed by atoms with Gasteiger partial charge in [0.2, 0.25) is 0 Å². The number of nitrogen functional groups attached to an aromatic ring is 1. The van der Waals surface area contributed by atoms with Gasteiger partial charge in [0, 0.05) is 29.3 Å². The molecule has 0 spiro atoms. The van der Waals surface area contributed by atoms with Crippen LogP contribution in [0, 0.1) is 5.82 Å². The molecule has 0 aliphatic carbocycles. The summed E-state index contributed by atoms with van der Waals surface area (Å²) in [6, 6.07) is 6.73. The minimum atomic E-state index is -4.92. The number of ketones is 1. The number of carbonyl (C=O) groups excluding carboxylic acids is 1. The first-order valence-electron chi connectivity index (χ1n) is 6.28. The van der Waals surface area contributed by atoms with E-state index >= 15 is 0 Å². The first kappa shape index (κ1) is 17.1. The predicted molar refractivity (Wildman–Crippen MR) is 77.0 cm³/mol. The van der Waals surface area contributed by atoms with E-state index in [1.54, 1.807) is 0 Å². The van der Waals surface area contributed by atoms with Crippen LogP contribution in [-0.4, -0.2) is 12.1 Å². The van der Waals surface area contributed by atoms with E-state index in [1.165, 1.54) is 18.2 Å². The molecule has 0 bridgehead atoms. The van der Waals surface area contributed by atoms with Crippen molar-refractivity contribution in [1.82, 2.24) is 0 Å². The van der Waals surface area contributed by atoms with Crippen LogP contribution in [0.3, 0.4) is 0 Å². The van der Waals surface area contributed by atoms with Crippen LogP contribution in [0.2, 0.25) is 5.02 Å². The topological polar surface area (TPSA) is 52.3 Å². The highest BCUT2D eigenvalue weighted by atomic mass is 35.5. The molecule has 0 heterocycles. The van der Waals surface area contributed by atoms with Gasteiger partial charge in [-0.2, -0.15) is 0 Å². The van der Waals surface area contributed by atoms with Gasteiger partial charge in [0.15, 0.2) is 5.78 Å². The van der Waals surface area contributed by atoms with Crippen LogP contribution in [0.4, 0.5) is 23.2 Å². The smallest absolute Gasteiger partial charge is 0.405 e. The Balaban J connectivity index is 2.30. The van der Waals surface area contributed by atoms with Crippen molar-refractivity contribution >= 4 is 23.1 Å². The molecule has 0 saturated carbocycles. The van der Waals surface area contributed by atoms with Crippen LogP contribution in [0.25, 0.3) is 0 Å². The summed E-state index contributed by atoms with van der Waals surface area (Å²) < 4.78 is 54.1. The molecule has 122 valence electrons. The number of Topliss-reactive ketones (excluding diaryl/α,β-unsaturated/α-hetero) is 1. The van der Waals surface area contributed by atoms with E-state index in [1.807, 2.05) is 0 Å². The van der Waals surface area contributed by atoms with E-state index in [9.17, 15) is 22.4 Å². The van der Waals surface area contributed by atoms with Crippen molar-refractivity contribution in [2.45, 2.75) is 12.8 Å². The zero-order valence-corrected chi connectivity index (χ0v) is 12.2. The number of anilines is 1. The fourth-order valence-electron chi connectivity index (χ4n) is 1.92. The maximum Gasteiger partial charge on any atom is 0.573 e. The monoisotopic (exact) mass is 347 g/mol. The van der Waals surface area contributed by atoms with Gasteiger partial charge in [0.05, 0.1) is 5.02 Å². The number of hydrogen-bond donors (Lipinski definition) is 1. The lowest BCUT2D eigenvalue weighted by Crippen LogP contribution is -2.19. The standard InChI is InChI=1S/C15H10ClF4NO2/c16-12-6-9(17)2-4-11(12)13(22)5-8-1-3-10(21)7-14(8)23-15(18,19)20/h1-4,6-7H,5,21H2. The van der Waals surface area contributed by atoms with Crippen molar-refractivity contribution in [2.24, 2.45) is 0 Å². The van der Waals surface area contributed by atoms with Gasteiger partial charge in [0.25, 0.3) is 0 Å². The Labute approximate surface area is 133 Å². The quantitative estimate of drug-likeness (QED) is 0.507. The summed E-state index contributed by atoms with van der Waals surface area (Å²) in [7, 11) is 0. The van der Waals surface area contributed by atoms with Crippen molar-refractivity contribution in [1.29, 1.82) is 0 Å². The molecule has 0 saturated heterocycles. The fourth-order valence-corrected chi connectivity index (χ4v) is 2.19. The van der Waals surface area contributed by atoms with Crippen molar-refractivity contribution in [3.8, 4) is 5.75 Å². The molecule has 0 unspecified atom stereocenters. The number of benzene rings is 2. The Morgan fingerprint density at radius 2 is 1.87 bits per heavy atom. The highest BCUT2D eigenvalue weighted by Gasteiger charge is 2.32. The zero-order chi connectivity index (χ0) is 17.2. The summed E-state index contributed by atoms with van der Waals surface area (Å²) >= 11 is 5.77. The third-order valence-electron chi connectivity index (χ3n) is 2.90. The molecule has 23 heavy (non-hydrogen) atoms. The van der Waals surface area contributed by atoms with E-state index < -0.39 is 30.1 Å². The van der Waals surface area contributed by atoms with Gasteiger partial charge < -0.3 is 10.5 Å². The van der Waals surface area contributed by atoms with Crippen LogP contribution < -0.4 is 10.5 Å². The maximum atomic E-state index is 13.0. The summed E-state index contributed by atoms with van der Waals surface area (Å²) in [5.41, 5.74) is 5.48. The number of alkyl halides is 3. The first-order chi connectivity index (χ1) is 10.7. The molecular weight excluding hydrogens is 338 g/mol. The normalized spacial score (nSPS) is 11.3. The molecule has 0 amide bonds. The second-order valence-electron chi connectivity index (χ2n) is 4.64. The van der Waals surface area contributed by atoms with Crippen LogP contribution in [0.15, 0.2) is 36.4 Å². The molecule has 0 atom stereocenters. The summed E-state index contributed by atoms with van der Waals surface area (Å²) in [5, 5.41) is -0.122. The van der Waals surface area contributed by atoms with Crippen LogP contribution in [-0.2, 0) is 6.42 Å². The molecule has 0 aliphatic rings. The SMILES string of the molecule is Nc1ccc(CC(=O)c2ccc(F)cc2Cl)c(OC(F)(F)F)c1. The zero-order valence-electron chi connectivity index (χ0n) is 11.5. The first-order valence-corrected chi connectivity index (χ1v) is 6.66. The summed E-state index contributed by atoms with van der Waals surface area (Å²) in [6.45, 7) is 0. The van der Waals surface area contributed by atoms with Crippen LogP contribution in [0.5, 0.6) is 5.75 Å². The number of ether oxygens (including phenoxy) is 1. The van der Waals surface area contributed by atoms with Crippen LogP contribution >= 0.6 is 11.6 Å². The van der Waals surface area contributed by atoms with Crippen molar-refractivity contribution in [3.05, 3.63) is 58.4 Å². The van der Waals surface area contributed by atoms with Gasteiger partial charge in [-0.25, -0.2) is 4.39 Å². The van der Waals surface area contributed by atoms with E-state index in [2.05, 4.69) is 4.74 Å². The molecule has 8 heteroatoms. The van der Waals surface area contributed by atoms with Crippen molar-refractivity contribution in [2.75, 3.05) is 5.73 Å². The molecule has 0 radical (unpaired) electrons. The molecule has 0 fully saturated rings. The van der Waals surface area contributed by atoms with Gasteiger partial charge in [0.1, 0.15) is 11.6 Å². The minimum absolute atomic E-state index is 0.00264. The molecule has 2 aromatic rings. The Kier molecular flexibility index (Phi) is 4.79. The molecule has 2 aromatic carbocycles. The van der Waals surface area contributed by atoms with Gasteiger partial charge in [-0.15, -0.1) is 13.2 Å². The van der Waals surface area contributed by atoms with Gasteiger partial charge >= 0.3 is 6.36 Å². The number of halogens is 5. The second-order valence-corrected chi connectivity index (χ2v) is 5.05. The Bertz CT molecular complexity index is 747. The molecule has 0 aromatic heterocycles. The molecule has 3 nitrogen and oxygen atoms in total. The Hall–Kier alpha value is -2.28. The largest absolute Gasteiger partial charge is 0.573 e. The van der Waals surface area contributed by atoms with Crippen molar-refractivity contribution in [3.63, 3.8) is 0 Å². The van der Waals surface area contributed by atoms with Gasteiger partial charge in [-0.1, -0.05) is 17.7 Å². The third kappa shape index (κ3) is 4.59. The lowest BCUT2D eigenvalue weighted by atomic mass is 10.0. The van der Waals surface area contributed by atoms with Crippen molar-refractivity contribution < 1.29 is 27.1 Å². The number of hydrogen-bond acceptors (Lipinski definition) is 3. The van der Waals surface area contributed by atoms with Crippen LogP contribution in [0.1, 0.15) is 15.9 Å². The minimum Gasteiger partial charge on any atom is -0.405 e. The van der Waals surface area contributed by atoms with E-state index in [0.29, 0.717) is 0 Å². The highest BCUT2D eigenvalue weighted by molar-refractivity contribution is 6.34. The lowest BCUT2D eigenvalue weighted by Gasteiger charge is -2.14. The second kappa shape index (κ2) is 6.45. The lowest BCUT2D eigenvalue weighted by molar-refractivity contribution is -0.274. The van der Waals surface area contributed by atoms with E-state index in [4.69, 9.17) is 17.3 Å². The summed E-state index contributed by atoms with van der Waals surface area (Å²) in [4.78, 5) is 12.2. The third-order valence-corrected chi connectivity index (χ3v) is 3.21. The van der Waals surface area contributed by atoms with E-state index in [-0.39, 0.29) is 21.8 Å². The number of nitrogens with two attached hydrogens (primary N) is 1. The average Bonchev–Trinajstić information content (AvgIpc) is 2.40. The van der Waals surface area contributed by atoms with Gasteiger partial charge in [-0.05, 0) is 24.3 Å². The maximum absolute atomic E-state index is 13.0. The average molecular weight is 348 g/mol. The Morgan fingerprint density at radius 3 is 2.48 bits per heavy atom. The number of carbonyl (C=O) groups is 1. The molecule has 0 aliphatic heterocycles. The molecular formula is C15H10ClF4NO2. The fraction of sp³-hybridized carbons (Fsp3) is 0.133. The predicted octanol–water partition coefficient (Wildman–Crippen LogP) is 4.39. The molecule has 2 N–H and O–H groups in total. The highest BCUT2D eigenvalue weighted by Crippen LogP contribution is 2.30. The Morgan fingerprint density at radius 1 is 1.17 bits per heavy atom. The number of rotatable bonds is 4. The van der Waals surface area contributed by atoms with E-state index in [0.717, 1.165) is 18.2 Å².